The van der Waals surface area contributed by atoms with Crippen molar-refractivity contribution in [3.05, 3.63) is 0 Å². The summed E-state index contributed by atoms with van der Waals surface area (Å²) in [7, 11) is 0. The van der Waals surface area contributed by atoms with E-state index in [4.69, 9.17) is 0 Å². The van der Waals surface area contributed by atoms with Crippen LogP contribution in [0.25, 0.3) is 0 Å². The number of hydrogen-bond donors (Lipinski definition) is 1. The van der Waals surface area contributed by atoms with Crippen LogP contribution < -0.4 is 0 Å². The van der Waals surface area contributed by atoms with Gasteiger partial charge in [-0.1, -0.05) is 26.7 Å². The Hall–Kier alpha value is -0.610. The smallest absolute Gasteiger partial charge is 0.240 e. The van der Waals surface area contributed by atoms with Crippen molar-refractivity contribution in [2.24, 2.45) is 5.41 Å². The quantitative estimate of drug-likeness (QED) is 0.847. The zero-order chi connectivity index (χ0) is 15.0. The maximum atomic E-state index is 12.9. The van der Waals surface area contributed by atoms with E-state index in [1.54, 1.807) is 0 Å². The Morgan fingerprint density at radius 2 is 1.81 bits per heavy atom. The molecule has 3 aliphatic rings. The van der Waals surface area contributed by atoms with Crippen LogP contribution in [0.2, 0.25) is 0 Å². The van der Waals surface area contributed by atoms with Gasteiger partial charge in [0.15, 0.2) is 0 Å². The lowest BCUT2D eigenvalue weighted by Gasteiger charge is -2.46. The number of carbonyl (C=O) groups is 1. The minimum Gasteiger partial charge on any atom is -0.393 e. The highest BCUT2D eigenvalue weighted by Crippen LogP contribution is 2.34. The summed E-state index contributed by atoms with van der Waals surface area (Å²) in [6.45, 7) is 6.94. The highest BCUT2D eigenvalue weighted by molar-refractivity contribution is 5.83. The van der Waals surface area contributed by atoms with Gasteiger partial charge in [-0.05, 0) is 37.5 Å². The second-order valence-corrected chi connectivity index (χ2v) is 8.05. The van der Waals surface area contributed by atoms with Crippen molar-refractivity contribution in [2.45, 2.75) is 77.0 Å². The van der Waals surface area contributed by atoms with Gasteiger partial charge in [0.1, 0.15) is 0 Å². The van der Waals surface area contributed by atoms with Gasteiger partial charge in [0.25, 0.3) is 0 Å². The van der Waals surface area contributed by atoms with Crippen molar-refractivity contribution >= 4 is 5.91 Å². The first-order chi connectivity index (χ1) is 9.96. The van der Waals surface area contributed by atoms with Gasteiger partial charge in [-0.2, -0.15) is 0 Å². The molecular formula is C17H30N2O2. The first kappa shape index (κ1) is 15.3. The summed E-state index contributed by atoms with van der Waals surface area (Å²) in [5.41, 5.74) is 0.0213. The minimum absolute atomic E-state index is 0.0213. The van der Waals surface area contributed by atoms with Crippen molar-refractivity contribution < 1.29 is 9.90 Å². The van der Waals surface area contributed by atoms with Gasteiger partial charge in [0.05, 0.1) is 12.1 Å². The van der Waals surface area contributed by atoms with E-state index in [0.29, 0.717) is 11.9 Å². The Kier molecular flexibility index (Phi) is 4.28. The van der Waals surface area contributed by atoms with E-state index >= 15 is 0 Å². The Labute approximate surface area is 128 Å². The first-order valence-corrected chi connectivity index (χ1v) is 8.69. The lowest BCUT2D eigenvalue weighted by molar-refractivity contribution is -0.144. The summed E-state index contributed by atoms with van der Waals surface area (Å²) in [6.07, 6.45) is 7.48. The molecule has 4 heteroatoms. The molecule has 21 heavy (non-hydrogen) atoms. The molecule has 3 rings (SSSR count). The standard InChI is InChI=1S/C17H30N2O2/c1-17(2)11-14(20)7-9-18(12-17)16(21)15-8-10-19(15)13-5-3-4-6-13/h13-15,20H,3-12H2,1-2H3. The average Bonchev–Trinajstić information content (AvgIpc) is 2.80. The van der Waals surface area contributed by atoms with Gasteiger partial charge in [-0.3, -0.25) is 9.69 Å². The summed E-state index contributed by atoms with van der Waals surface area (Å²) in [5, 5.41) is 10.0. The topological polar surface area (TPSA) is 43.8 Å². The molecule has 1 amide bonds. The Morgan fingerprint density at radius 1 is 1.10 bits per heavy atom. The SMILES string of the molecule is CC1(C)CC(O)CCN(C(=O)C2CCN2C2CCCC2)C1. The third-order valence-corrected chi connectivity index (χ3v) is 5.59. The maximum Gasteiger partial charge on any atom is 0.240 e. The highest BCUT2D eigenvalue weighted by atomic mass is 16.3. The van der Waals surface area contributed by atoms with Gasteiger partial charge in [0, 0.05) is 25.7 Å². The molecule has 3 fully saturated rings. The number of amides is 1. The van der Waals surface area contributed by atoms with E-state index in [9.17, 15) is 9.90 Å². The molecule has 4 nitrogen and oxygen atoms in total. The maximum absolute atomic E-state index is 12.9. The summed E-state index contributed by atoms with van der Waals surface area (Å²) < 4.78 is 0. The third kappa shape index (κ3) is 3.26. The summed E-state index contributed by atoms with van der Waals surface area (Å²) in [4.78, 5) is 17.4. The zero-order valence-corrected chi connectivity index (χ0v) is 13.6. The molecule has 1 saturated carbocycles. The van der Waals surface area contributed by atoms with E-state index in [1.807, 2.05) is 4.90 Å². The Balaban J connectivity index is 1.64. The summed E-state index contributed by atoms with van der Waals surface area (Å²) in [5.74, 6) is 0.315. The van der Waals surface area contributed by atoms with E-state index < -0.39 is 0 Å². The van der Waals surface area contributed by atoms with Crippen LogP contribution in [-0.4, -0.2) is 58.6 Å². The van der Waals surface area contributed by atoms with Crippen LogP contribution in [0.3, 0.4) is 0 Å². The van der Waals surface area contributed by atoms with Crippen molar-refractivity contribution in [2.75, 3.05) is 19.6 Å². The van der Waals surface area contributed by atoms with Crippen LogP contribution in [0.4, 0.5) is 0 Å². The molecule has 0 radical (unpaired) electrons. The van der Waals surface area contributed by atoms with E-state index in [2.05, 4.69) is 18.7 Å². The van der Waals surface area contributed by atoms with Crippen molar-refractivity contribution in [1.29, 1.82) is 0 Å². The number of nitrogens with zero attached hydrogens (tertiary/aromatic N) is 2. The Morgan fingerprint density at radius 3 is 2.43 bits per heavy atom. The predicted molar refractivity (Wildman–Crippen MR) is 83.0 cm³/mol. The lowest BCUT2D eigenvalue weighted by Crippen LogP contribution is -2.60. The second kappa shape index (κ2) is 5.88. The molecular weight excluding hydrogens is 264 g/mol. The average molecular weight is 294 g/mol. The molecule has 0 bridgehead atoms. The van der Waals surface area contributed by atoms with Gasteiger partial charge < -0.3 is 10.0 Å². The Bertz CT molecular complexity index is 390. The molecule has 2 aliphatic heterocycles. The van der Waals surface area contributed by atoms with Crippen LogP contribution in [0.1, 0.15) is 58.8 Å². The number of carbonyl (C=O) groups excluding carboxylic acids is 1. The van der Waals surface area contributed by atoms with E-state index in [-0.39, 0.29) is 17.6 Å². The fraction of sp³-hybridized carbons (Fsp3) is 0.941. The minimum atomic E-state index is -0.259. The molecule has 0 aromatic heterocycles. The third-order valence-electron chi connectivity index (χ3n) is 5.59. The second-order valence-electron chi connectivity index (χ2n) is 8.05. The zero-order valence-electron chi connectivity index (χ0n) is 13.6. The fourth-order valence-corrected chi connectivity index (χ4v) is 4.45. The molecule has 1 N–H and O–H groups in total. The number of likely N-dealkylation sites (tertiary alicyclic amines) is 2. The van der Waals surface area contributed by atoms with Crippen molar-refractivity contribution in [1.82, 2.24) is 9.80 Å². The van der Waals surface area contributed by atoms with Crippen molar-refractivity contribution in [3.8, 4) is 0 Å². The summed E-state index contributed by atoms with van der Waals surface area (Å²) >= 11 is 0. The van der Waals surface area contributed by atoms with Crippen LogP contribution in [0.5, 0.6) is 0 Å². The van der Waals surface area contributed by atoms with E-state index in [1.165, 1.54) is 25.7 Å². The first-order valence-electron chi connectivity index (χ1n) is 8.69. The van der Waals surface area contributed by atoms with Crippen molar-refractivity contribution in [3.63, 3.8) is 0 Å². The number of hydrogen-bond acceptors (Lipinski definition) is 3. The monoisotopic (exact) mass is 294 g/mol. The van der Waals surface area contributed by atoms with Crippen LogP contribution in [0.15, 0.2) is 0 Å². The van der Waals surface area contributed by atoms with E-state index in [0.717, 1.165) is 38.9 Å². The highest BCUT2D eigenvalue weighted by Gasteiger charge is 2.42. The number of aliphatic hydroxyl groups excluding tert-OH is 1. The molecule has 0 spiro atoms. The van der Waals surface area contributed by atoms with Gasteiger partial charge in [-0.15, -0.1) is 0 Å². The van der Waals surface area contributed by atoms with Gasteiger partial charge in [-0.25, -0.2) is 0 Å². The molecule has 2 saturated heterocycles. The fourth-order valence-electron chi connectivity index (χ4n) is 4.45. The summed E-state index contributed by atoms with van der Waals surface area (Å²) in [6, 6.07) is 0.775. The molecule has 120 valence electrons. The normalized spacial score (nSPS) is 34.5. The molecule has 0 aromatic rings. The van der Waals surface area contributed by atoms with Gasteiger partial charge >= 0.3 is 0 Å². The lowest BCUT2D eigenvalue weighted by atomic mass is 9.86. The largest absolute Gasteiger partial charge is 0.393 e. The number of rotatable bonds is 2. The van der Waals surface area contributed by atoms with Gasteiger partial charge in [0.2, 0.25) is 5.91 Å². The molecule has 2 heterocycles. The molecule has 1 aliphatic carbocycles. The van der Waals surface area contributed by atoms with Crippen LogP contribution in [-0.2, 0) is 4.79 Å². The van der Waals surface area contributed by atoms with Crippen LogP contribution >= 0.6 is 0 Å². The number of aliphatic hydroxyl groups is 1. The molecule has 0 aromatic carbocycles. The van der Waals surface area contributed by atoms with Crippen LogP contribution in [0, 0.1) is 5.41 Å². The molecule has 2 unspecified atom stereocenters. The molecule has 2 atom stereocenters. The predicted octanol–water partition coefficient (Wildman–Crippen LogP) is 2.01.